The molecule has 2 N–H and O–H groups in total. The Bertz CT molecular complexity index is 1680. The van der Waals surface area contributed by atoms with Crippen molar-refractivity contribution in [3.05, 3.63) is 64.2 Å². The largest absolute Gasteiger partial charge is 0.383 e. The highest BCUT2D eigenvalue weighted by Gasteiger charge is 2.63. The molecule has 3 aromatic heterocycles. The third-order valence-electron chi connectivity index (χ3n) is 9.45. The zero-order chi connectivity index (χ0) is 28.5. The molecule has 4 aromatic rings. The van der Waals surface area contributed by atoms with E-state index in [4.69, 9.17) is 9.97 Å². The first-order valence-electron chi connectivity index (χ1n) is 14.8. The summed E-state index contributed by atoms with van der Waals surface area (Å²) in [7, 11) is 2.16. The third kappa shape index (κ3) is 4.06. The minimum absolute atomic E-state index is 0.0919. The third-order valence-corrected chi connectivity index (χ3v) is 9.45. The van der Waals surface area contributed by atoms with Crippen molar-refractivity contribution in [3.8, 4) is 5.82 Å². The number of nitrogens with one attached hydrogen (secondary N) is 1. The maximum atomic E-state index is 13.5. The molecule has 1 saturated heterocycles. The van der Waals surface area contributed by atoms with Crippen LogP contribution in [0, 0.1) is 5.41 Å². The number of piperazine rings is 1. The van der Waals surface area contributed by atoms with Gasteiger partial charge in [0.2, 0.25) is 5.95 Å². The van der Waals surface area contributed by atoms with Crippen molar-refractivity contribution in [3.63, 3.8) is 0 Å². The average molecular weight is 555 g/mol. The van der Waals surface area contributed by atoms with Gasteiger partial charge in [-0.2, -0.15) is 4.98 Å². The first-order valence-corrected chi connectivity index (χ1v) is 14.8. The van der Waals surface area contributed by atoms with Crippen molar-refractivity contribution in [1.82, 2.24) is 29.2 Å². The van der Waals surface area contributed by atoms with E-state index in [2.05, 4.69) is 45.3 Å². The number of benzene rings is 1. The quantitative estimate of drug-likeness (QED) is 0.369. The Morgan fingerprint density at radius 1 is 1.02 bits per heavy atom. The lowest BCUT2D eigenvalue weighted by atomic mass is 9.84. The highest BCUT2D eigenvalue weighted by atomic mass is 16.3. The van der Waals surface area contributed by atoms with E-state index in [1.54, 1.807) is 15.6 Å². The Labute approximate surface area is 239 Å². The summed E-state index contributed by atoms with van der Waals surface area (Å²) in [4.78, 5) is 32.6. The van der Waals surface area contributed by atoms with Crippen molar-refractivity contribution in [1.29, 1.82) is 0 Å². The van der Waals surface area contributed by atoms with Gasteiger partial charge in [0.1, 0.15) is 11.0 Å². The molecule has 1 aromatic carbocycles. The van der Waals surface area contributed by atoms with Crippen LogP contribution in [0.15, 0.2) is 47.4 Å². The van der Waals surface area contributed by atoms with Crippen LogP contribution in [0.4, 0.5) is 17.3 Å². The van der Waals surface area contributed by atoms with Gasteiger partial charge >= 0.3 is 0 Å². The molecule has 1 aliphatic heterocycles. The molecule has 7 rings (SSSR count). The molecule has 10 nitrogen and oxygen atoms in total. The molecular formula is C31H38N8O2. The molecule has 0 radical (unpaired) electrons. The van der Waals surface area contributed by atoms with Crippen LogP contribution >= 0.6 is 0 Å². The van der Waals surface area contributed by atoms with Crippen molar-refractivity contribution in [2.75, 3.05) is 43.4 Å². The number of aromatic nitrogens is 5. The molecule has 10 heteroatoms. The van der Waals surface area contributed by atoms with Gasteiger partial charge in [0, 0.05) is 55.2 Å². The van der Waals surface area contributed by atoms with Crippen molar-refractivity contribution in [2.24, 2.45) is 5.41 Å². The van der Waals surface area contributed by atoms with Crippen LogP contribution in [0.2, 0.25) is 0 Å². The zero-order valence-electron chi connectivity index (χ0n) is 24.3. The van der Waals surface area contributed by atoms with Gasteiger partial charge in [0.25, 0.3) is 5.56 Å². The lowest BCUT2D eigenvalue weighted by Gasteiger charge is -2.34. The molecule has 41 heavy (non-hydrogen) atoms. The minimum atomic E-state index is -0.942. The summed E-state index contributed by atoms with van der Waals surface area (Å²) < 4.78 is 3.47. The number of anilines is 3. The first-order chi connectivity index (χ1) is 19.7. The number of pyridine rings is 1. The van der Waals surface area contributed by atoms with Gasteiger partial charge < -0.3 is 20.2 Å². The Hall–Kier alpha value is -3.76. The maximum Gasteiger partial charge on any atom is 0.278 e. The minimum Gasteiger partial charge on any atom is -0.383 e. The number of rotatable bonds is 6. The van der Waals surface area contributed by atoms with E-state index in [0.29, 0.717) is 29.2 Å². The molecule has 1 unspecified atom stereocenters. The van der Waals surface area contributed by atoms with E-state index in [9.17, 15) is 9.90 Å². The van der Waals surface area contributed by atoms with E-state index >= 15 is 0 Å². The second-order valence-electron chi connectivity index (χ2n) is 12.3. The average Bonchev–Trinajstić information content (AvgIpc) is 3.65. The molecule has 214 valence electrons. The van der Waals surface area contributed by atoms with Gasteiger partial charge in [-0.25, -0.2) is 19.3 Å². The van der Waals surface area contributed by atoms with Gasteiger partial charge in [-0.15, -0.1) is 0 Å². The van der Waals surface area contributed by atoms with E-state index in [1.807, 2.05) is 39.0 Å². The molecule has 1 atom stereocenters. The Morgan fingerprint density at radius 2 is 1.76 bits per heavy atom. The molecule has 4 heterocycles. The monoisotopic (exact) mass is 554 g/mol. The van der Waals surface area contributed by atoms with Crippen molar-refractivity contribution in [2.45, 2.75) is 58.1 Å². The second-order valence-corrected chi connectivity index (χ2v) is 12.3. The molecule has 1 spiro atoms. The summed E-state index contributed by atoms with van der Waals surface area (Å²) >= 11 is 0. The molecule has 3 aliphatic rings. The van der Waals surface area contributed by atoms with Crippen LogP contribution in [0.1, 0.15) is 57.3 Å². The normalized spacial score (nSPS) is 21.7. The smallest absolute Gasteiger partial charge is 0.278 e. The summed E-state index contributed by atoms with van der Waals surface area (Å²) in [5.41, 5.74) is 3.21. The summed E-state index contributed by atoms with van der Waals surface area (Å²) in [6.45, 7) is 10.1. The van der Waals surface area contributed by atoms with Gasteiger partial charge in [-0.05, 0) is 82.5 Å². The molecule has 0 bridgehead atoms. The fraction of sp³-hybridized carbons (Fsp3) is 0.484. The molecule has 1 saturated carbocycles. The van der Waals surface area contributed by atoms with Gasteiger partial charge in [0.05, 0.1) is 5.69 Å². The van der Waals surface area contributed by atoms with Gasteiger partial charge in [-0.1, -0.05) is 13.0 Å². The predicted octanol–water partition coefficient (Wildman–Crippen LogP) is 3.99. The Kier molecular flexibility index (Phi) is 5.99. The second kappa shape index (κ2) is 9.39. The van der Waals surface area contributed by atoms with Crippen LogP contribution in [-0.4, -0.2) is 67.5 Å². The van der Waals surface area contributed by atoms with Crippen LogP contribution < -0.4 is 15.8 Å². The highest BCUT2D eigenvalue weighted by Crippen LogP contribution is 2.65. The lowest BCUT2D eigenvalue weighted by molar-refractivity contribution is -0.0324. The van der Waals surface area contributed by atoms with E-state index in [1.165, 1.54) is 5.69 Å². The van der Waals surface area contributed by atoms with Crippen LogP contribution in [0.25, 0.3) is 16.9 Å². The topological polar surface area (TPSA) is 104 Å². The van der Waals surface area contributed by atoms with Crippen LogP contribution in [-0.2, 0) is 12.0 Å². The molecular weight excluding hydrogens is 516 g/mol. The first kappa shape index (κ1) is 26.2. The zero-order valence-corrected chi connectivity index (χ0v) is 24.3. The summed E-state index contributed by atoms with van der Waals surface area (Å²) in [5, 5.41) is 15.5. The Balaban J connectivity index is 1.25. The van der Waals surface area contributed by atoms with Crippen LogP contribution in [0.5, 0.6) is 0 Å². The van der Waals surface area contributed by atoms with Crippen LogP contribution in [0.3, 0.4) is 0 Å². The van der Waals surface area contributed by atoms with Gasteiger partial charge in [-0.3, -0.25) is 4.79 Å². The summed E-state index contributed by atoms with van der Waals surface area (Å²) in [5.74, 6) is 0.984. The molecule has 2 aliphatic carbocycles. The number of aliphatic hydroxyl groups is 1. The maximum absolute atomic E-state index is 13.5. The van der Waals surface area contributed by atoms with Crippen molar-refractivity contribution < 1.29 is 5.11 Å². The highest BCUT2D eigenvalue weighted by molar-refractivity contribution is 5.77. The van der Waals surface area contributed by atoms with E-state index in [0.717, 1.165) is 62.4 Å². The standard InChI is InChI=1S/C31H38N8O2/c1-5-31(41)26-21(18-30(31)12-13-30)6-11-25(34-26)39-27-24(28(40)38(39)20(2)3)19-32-29(35-27)33-22-7-9-23(10-8-22)37-16-14-36(4)15-17-37/h6-11,19-20,41H,5,12-18H2,1-4H3,(H,32,33,35). The van der Waals surface area contributed by atoms with Crippen molar-refractivity contribution >= 4 is 28.4 Å². The Morgan fingerprint density at radius 3 is 2.41 bits per heavy atom. The van der Waals surface area contributed by atoms with E-state index < -0.39 is 5.60 Å². The van der Waals surface area contributed by atoms with Gasteiger partial charge in [0.15, 0.2) is 11.5 Å². The fourth-order valence-electron chi connectivity index (χ4n) is 6.84. The number of likely N-dealkylation sites (N-methyl/N-ethyl adjacent to an activating group) is 1. The summed E-state index contributed by atoms with van der Waals surface area (Å²) in [6.07, 6.45) is 5.10. The number of fused-ring (bicyclic) bond motifs is 2. The number of nitrogens with zero attached hydrogens (tertiary/aromatic N) is 7. The summed E-state index contributed by atoms with van der Waals surface area (Å²) in [6, 6.07) is 12.2. The fourth-order valence-corrected chi connectivity index (χ4v) is 6.84. The predicted molar refractivity (Wildman–Crippen MR) is 160 cm³/mol. The number of hydrogen-bond donors (Lipinski definition) is 2. The SMILES string of the molecule is CCC1(O)c2nc(-n3c4nc(Nc5ccc(N6CCN(C)CC6)cc5)ncc4c(=O)n3C(C)C)ccc2CC12CC2. The molecule has 0 amide bonds. The molecule has 2 fully saturated rings. The number of hydrogen-bond acceptors (Lipinski definition) is 8. The van der Waals surface area contributed by atoms with E-state index in [-0.39, 0.29) is 17.0 Å². The lowest BCUT2D eigenvalue weighted by Crippen LogP contribution is -2.44.